The second-order valence-electron chi connectivity index (χ2n) is 4.47. The standard InChI is InChI=1S/C14H19N3O/c1-11(13-5-3-4-6-14(13)18)15-9-7-12-8-10-17(2)16-12/h3-6,8,10-11,15,18H,7,9H2,1-2H3. The lowest BCUT2D eigenvalue weighted by molar-refractivity contribution is 0.453. The summed E-state index contributed by atoms with van der Waals surface area (Å²) in [6.07, 6.45) is 2.83. The van der Waals surface area contributed by atoms with Crippen LogP contribution in [0.4, 0.5) is 0 Å². The Bertz CT molecular complexity index is 507. The number of nitrogens with one attached hydrogen (secondary N) is 1. The first kappa shape index (κ1) is 12.6. The van der Waals surface area contributed by atoms with Crippen molar-refractivity contribution in [2.45, 2.75) is 19.4 Å². The number of benzene rings is 1. The summed E-state index contributed by atoms with van der Waals surface area (Å²) in [4.78, 5) is 0. The number of phenolic OH excluding ortho intramolecular Hbond substituents is 1. The molecule has 4 nitrogen and oxygen atoms in total. The van der Waals surface area contributed by atoms with Crippen LogP contribution in [0.2, 0.25) is 0 Å². The first-order valence-corrected chi connectivity index (χ1v) is 6.16. The first-order chi connectivity index (χ1) is 8.66. The highest BCUT2D eigenvalue weighted by Crippen LogP contribution is 2.22. The molecule has 0 radical (unpaired) electrons. The number of nitrogens with zero attached hydrogens (tertiary/aromatic N) is 2. The second-order valence-corrected chi connectivity index (χ2v) is 4.47. The molecule has 0 saturated heterocycles. The predicted octanol–water partition coefficient (Wildman–Crippen LogP) is 2.02. The average molecular weight is 245 g/mol. The number of hydrogen-bond acceptors (Lipinski definition) is 3. The van der Waals surface area contributed by atoms with E-state index in [1.54, 1.807) is 6.07 Å². The van der Waals surface area contributed by atoms with Crippen LogP contribution in [0.25, 0.3) is 0 Å². The summed E-state index contributed by atoms with van der Waals surface area (Å²) in [5.74, 6) is 0.343. The van der Waals surface area contributed by atoms with Gasteiger partial charge in [0.25, 0.3) is 0 Å². The van der Waals surface area contributed by atoms with Gasteiger partial charge in [-0.3, -0.25) is 4.68 Å². The van der Waals surface area contributed by atoms with Crippen LogP contribution in [-0.2, 0) is 13.5 Å². The van der Waals surface area contributed by atoms with Crippen LogP contribution < -0.4 is 5.32 Å². The van der Waals surface area contributed by atoms with Gasteiger partial charge in [-0.1, -0.05) is 18.2 Å². The minimum atomic E-state index is 0.134. The zero-order valence-electron chi connectivity index (χ0n) is 10.8. The molecule has 1 aromatic carbocycles. The number of aryl methyl sites for hydroxylation is 1. The van der Waals surface area contributed by atoms with E-state index in [1.807, 2.05) is 49.1 Å². The summed E-state index contributed by atoms with van der Waals surface area (Å²) in [5, 5.41) is 17.5. The minimum Gasteiger partial charge on any atom is -0.508 e. The zero-order valence-corrected chi connectivity index (χ0v) is 10.8. The molecule has 1 aromatic heterocycles. The maximum Gasteiger partial charge on any atom is 0.120 e. The molecule has 0 aliphatic heterocycles. The summed E-state index contributed by atoms with van der Waals surface area (Å²) in [7, 11) is 1.92. The lowest BCUT2D eigenvalue weighted by Crippen LogP contribution is -2.21. The maximum absolute atomic E-state index is 9.74. The molecule has 96 valence electrons. The Morgan fingerprint density at radius 1 is 1.33 bits per heavy atom. The van der Waals surface area contributed by atoms with E-state index in [2.05, 4.69) is 10.4 Å². The Labute approximate surface area is 107 Å². The van der Waals surface area contributed by atoms with E-state index in [9.17, 15) is 5.11 Å². The number of rotatable bonds is 5. The lowest BCUT2D eigenvalue weighted by atomic mass is 10.1. The van der Waals surface area contributed by atoms with Gasteiger partial charge in [0.2, 0.25) is 0 Å². The van der Waals surface area contributed by atoms with Crippen molar-refractivity contribution in [1.29, 1.82) is 0 Å². The predicted molar refractivity (Wildman–Crippen MR) is 71.4 cm³/mol. The molecule has 0 bridgehead atoms. The third kappa shape index (κ3) is 3.11. The van der Waals surface area contributed by atoms with Crippen LogP contribution in [0.5, 0.6) is 5.75 Å². The van der Waals surface area contributed by atoms with Crippen LogP contribution >= 0.6 is 0 Å². The maximum atomic E-state index is 9.74. The van der Waals surface area contributed by atoms with Crippen molar-refractivity contribution in [3.05, 3.63) is 47.8 Å². The van der Waals surface area contributed by atoms with E-state index in [4.69, 9.17) is 0 Å². The van der Waals surface area contributed by atoms with Gasteiger partial charge < -0.3 is 10.4 Å². The molecule has 2 N–H and O–H groups in total. The monoisotopic (exact) mass is 245 g/mol. The van der Waals surface area contributed by atoms with Crippen molar-refractivity contribution in [2.24, 2.45) is 7.05 Å². The van der Waals surface area contributed by atoms with Gasteiger partial charge in [0.1, 0.15) is 5.75 Å². The quantitative estimate of drug-likeness (QED) is 0.847. The normalized spacial score (nSPS) is 12.6. The highest BCUT2D eigenvalue weighted by atomic mass is 16.3. The number of para-hydroxylation sites is 1. The average Bonchev–Trinajstić information content (AvgIpc) is 2.75. The van der Waals surface area contributed by atoms with Crippen LogP contribution in [-0.4, -0.2) is 21.4 Å². The summed E-state index contributed by atoms with van der Waals surface area (Å²) in [5.41, 5.74) is 2.01. The van der Waals surface area contributed by atoms with Crippen molar-refractivity contribution in [3.8, 4) is 5.75 Å². The number of phenols is 1. The Morgan fingerprint density at radius 3 is 2.78 bits per heavy atom. The fourth-order valence-corrected chi connectivity index (χ4v) is 1.98. The fraction of sp³-hybridized carbons (Fsp3) is 0.357. The van der Waals surface area contributed by atoms with Gasteiger partial charge in [-0.15, -0.1) is 0 Å². The van der Waals surface area contributed by atoms with E-state index >= 15 is 0 Å². The molecule has 0 fully saturated rings. The molecule has 0 amide bonds. The Hall–Kier alpha value is -1.81. The smallest absolute Gasteiger partial charge is 0.120 e. The van der Waals surface area contributed by atoms with E-state index in [0.717, 1.165) is 24.2 Å². The molecule has 2 aromatic rings. The van der Waals surface area contributed by atoms with E-state index in [1.165, 1.54) is 0 Å². The van der Waals surface area contributed by atoms with Gasteiger partial charge in [-0.25, -0.2) is 0 Å². The molecule has 1 unspecified atom stereocenters. The molecular weight excluding hydrogens is 226 g/mol. The van der Waals surface area contributed by atoms with Crippen LogP contribution in [0.3, 0.4) is 0 Å². The number of aromatic nitrogens is 2. The number of aromatic hydroxyl groups is 1. The summed E-state index contributed by atoms with van der Waals surface area (Å²) < 4.78 is 1.81. The second kappa shape index (κ2) is 5.69. The van der Waals surface area contributed by atoms with Crippen LogP contribution in [0, 0.1) is 0 Å². The van der Waals surface area contributed by atoms with E-state index < -0.39 is 0 Å². The summed E-state index contributed by atoms with van der Waals surface area (Å²) in [6, 6.07) is 9.58. The molecule has 0 saturated carbocycles. The van der Waals surface area contributed by atoms with Crippen LogP contribution in [0.15, 0.2) is 36.5 Å². The Balaban J connectivity index is 1.85. The fourth-order valence-electron chi connectivity index (χ4n) is 1.98. The van der Waals surface area contributed by atoms with Gasteiger partial charge >= 0.3 is 0 Å². The van der Waals surface area contributed by atoms with Gasteiger partial charge in [0.05, 0.1) is 5.69 Å². The summed E-state index contributed by atoms with van der Waals surface area (Å²) >= 11 is 0. The third-order valence-electron chi connectivity index (χ3n) is 3.00. The highest BCUT2D eigenvalue weighted by molar-refractivity contribution is 5.34. The van der Waals surface area contributed by atoms with E-state index in [0.29, 0.717) is 5.75 Å². The SMILES string of the molecule is CC(NCCc1ccn(C)n1)c1ccccc1O. The Kier molecular flexibility index (Phi) is 3.99. The molecular formula is C14H19N3O. The van der Waals surface area contributed by atoms with E-state index in [-0.39, 0.29) is 6.04 Å². The van der Waals surface area contributed by atoms with Gasteiger partial charge in [-0.2, -0.15) is 5.10 Å². The minimum absolute atomic E-state index is 0.134. The topological polar surface area (TPSA) is 50.1 Å². The molecule has 1 atom stereocenters. The molecule has 4 heteroatoms. The Morgan fingerprint density at radius 2 is 2.11 bits per heavy atom. The third-order valence-corrected chi connectivity index (χ3v) is 3.00. The molecule has 0 aliphatic rings. The largest absolute Gasteiger partial charge is 0.508 e. The van der Waals surface area contributed by atoms with Crippen molar-refractivity contribution in [1.82, 2.24) is 15.1 Å². The molecule has 18 heavy (non-hydrogen) atoms. The van der Waals surface area contributed by atoms with Gasteiger partial charge in [0, 0.05) is 37.8 Å². The highest BCUT2D eigenvalue weighted by Gasteiger charge is 2.08. The molecule has 0 spiro atoms. The lowest BCUT2D eigenvalue weighted by Gasteiger charge is -2.14. The number of hydrogen-bond donors (Lipinski definition) is 2. The van der Waals surface area contributed by atoms with Gasteiger partial charge in [0.15, 0.2) is 0 Å². The summed E-state index contributed by atoms with van der Waals surface area (Å²) in [6.45, 7) is 2.89. The van der Waals surface area contributed by atoms with Crippen molar-refractivity contribution >= 4 is 0 Å². The van der Waals surface area contributed by atoms with Gasteiger partial charge in [-0.05, 0) is 19.1 Å². The van der Waals surface area contributed by atoms with Crippen LogP contribution in [0.1, 0.15) is 24.2 Å². The van der Waals surface area contributed by atoms with Crippen molar-refractivity contribution in [3.63, 3.8) is 0 Å². The van der Waals surface area contributed by atoms with Crippen molar-refractivity contribution in [2.75, 3.05) is 6.54 Å². The molecule has 1 heterocycles. The molecule has 0 aliphatic carbocycles. The van der Waals surface area contributed by atoms with Crippen molar-refractivity contribution < 1.29 is 5.11 Å². The first-order valence-electron chi connectivity index (χ1n) is 6.16. The molecule has 2 rings (SSSR count). The zero-order chi connectivity index (χ0) is 13.0.